The molecule has 4 aromatic rings. The number of nitrogens with one attached hydrogen (secondary N) is 2. The molecule has 3 aromatic carbocycles. The van der Waals surface area contributed by atoms with Crippen molar-refractivity contribution in [3.05, 3.63) is 89.3 Å². The van der Waals surface area contributed by atoms with Crippen LogP contribution in [0, 0.1) is 0 Å². The van der Waals surface area contributed by atoms with Gasteiger partial charge in [0.25, 0.3) is 5.91 Å². The van der Waals surface area contributed by atoms with Crippen molar-refractivity contribution in [2.24, 2.45) is 0 Å². The van der Waals surface area contributed by atoms with Gasteiger partial charge < -0.3 is 20.1 Å². The number of carbonyl (C=O) groups excluding carboxylic acids is 2. The molecule has 0 radical (unpaired) electrons. The molecule has 1 aromatic heterocycles. The molecule has 1 heterocycles. The highest BCUT2D eigenvalue weighted by atomic mass is 32.1. The van der Waals surface area contributed by atoms with Crippen LogP contribution in [0.5, 0.6) is 11.5 Å². The van der Waals surface area contributed by atoms with Gasteiger partial charge in [-0.15, -0.1) is 11.3 Å². The maximum Gasteiger partial charge on any atom is 0.251 e. The van der Waals surface area contributed by atoms with E-state index < -0.39 is 0 Å². The molecule has 7 nitrogen and oxygen atoms in total. The molecule has 0 aliphatic carbocycles. The average Bonchev–Trinajstić information content (AvgIpc) is 3.41. The van der Waals surface area contributed by atoms with Gasteiger partial charge in [0.2, 0.25) is 5.91 Å². The molecule has 4 rings (SSSR count). The summed E-state index contributed by atoms with van der Waals surface area (Å²) in [5, 5.41) is 8.35. The fraction of sp³-hybridized carbons (Fsp3) is 0.148. The lowest BCUT2D eigenvalue weighted by atomic mass is 10.1. The molecule has 35 heavy (non-hydrogen) atoms. The van der Waals surface area contributed by atoms with E-state index in [1.807, 2.05) is 53.9 Å². The topological polar surface area (TPSA) is 89.6 Å². The molecule has 0 aliphatic heterocycles. The Morgan fingerprint density at radius 1 is 0.857 bits per heavy atom. The number of hydrogen-bond acceptors (Lipinski definition) is 6. The van der Waals surface area contributed by atoms with E-state index in [0.717, 1.165) is 27.4 Å². The Labute approximate surface area is 207 Å². The first-order valence-electron chi connectivity index (χ1n) is 10.9. The Balaban J connectivity index is 1.32. The summed E-state index contributed by atoms with van der Waals surface area (Å²) in [4.78, 5) is 28.9. The monoisotopic (exact) mass is 487 g/mol. The second-order valence-corrected chi connectivity index (χ2v) is 8.49. The van der Waals surface area contributed by atoms with E-state index in [1.54, 1.807) is 49.8 Å². The maximum absolute atomic E-state index is 12.1. The van der Waals surface area contributed by atoms with E-state index in [9.17, 15) is 9.59 Å². The molecule has 0 saturated carbocycles. The molecule has 178 valence electrons. The van der Waals surface area contributed by atoms with Crippen molar-refractivity contribution in [1.82, 2.24) is 15.6 Å². The smallest absolute Gasteiger partial charge is 0.251 e. The molecule has 0 saturated heterocycles. The number of amides is 2. The van der Waals surface area contributed by atoms with Crippen LogP contribution in [0.1, 0.15) is 15.9 Å². The number of carbonyl (C=O) groups is 2. The number of thiazole rings is 1. The van der Waals surface area contributed by atoms with Crippen LogP contribution in [-0.2, 0) is 11.3 Å². The van der Waals surface area contributed by atoms with E-state index in [1.165, 1.54) is 0 Å². The van der Waals surface area contributed by atoms with Gasteiger partial charge in [-0.25, -0.2) is 4.98 Å². The third-order valence-electron chi connectivity index (χ3n) is 5.32. The van der Waals surface area contributed by atoms with E-state index in [0.29, 0.717) is 23.6 Å². The molecule has 2 amide bonds. The highest BCUT2D eigenvalue weighted by Crippen LogP contribution is 2.34. The normalized spacial score (nSPS) is 10.5. The molecular formula is C27H25N3O4S. The van der Waals surface area contributed by atoms with E-state index in [4.69, 9.17) is 14.5 Å². The fourth-order valence-electron chi connectivity index (χ4n) is 3.41. The number of hydrogen-bond donors (Lipinski definition) is 2. The molecule has 0 unspecified atom stereocenters. The Morgan fingerprint density at radius 2 is 1.57 bits per heavy atom. The van der Waals surface area contributed by atoms with Gasteiger partial charge in [-0.05, 0) is 35.9 Å². The lowest BCUT2D eigenvalue weighted by Crippen LogP contribution is -2.36. The molecule has 2 N–H and O–H groups in total. The molecule has 0 aliphatic rings. The lowest BCUT2D eigenvalue weighted by Gasteiger charge is -2.08. The SMILES string of the molecule is COc1ccc(-c2csc(-c3ccc(CNC(=O)CNC(=O)c4ccccc4)cc3)n2)cc1OC. The minimum atomic E-state index is -0.277. The zero-order chi connectivity index (χ0) is 24.6. The Bertz CT molecular complexity index is 1300. The van der Waals surface area contributed by atoms with Crippen LogP contribution in [0.25, 0.3) is 21.8 Å². The van der Waals surface area contributed by atoms with Crippen molar-refractivity contribution in [1.29, 1.82) is 0 Å². The van der Waals surface area contributed by atoms with Gasteiger partial charge in [0, 0.05) is 28.6 Å². The summed E-state index contributed by atoms with van der Waals surface area (Å²) >= 11 is 1.56. The van der Waals surface area contributed by atoms with E-state index in [-0.39, 0.29) is 18.4 Å². The standard InChI is InChI=1S/C27H25N3O4S/c1-33-23-13-12-21(14-24(23)34-2)22-17-35-27(30-22)20-10-8-18(9-11-20)15-28-25(31)16-29-26(32)19-6-4-3-5-7-19/h3-14,17H,15-16H2,1-2H3,(H,28,31)(H,29,32). The van der Waals surface area contributed by atoms with Crippen LogP contribution in [0.2, 0.25) is 0 Å². The molecule has 0 bridgehead atoms. The molecule has 0 fully saturated rings. The zero-order valence-electron chi connectivity index (χ0n) is 19.4. The first-order chi connectivity index (χ1) is 17.1. The van der Waals surface area contributed by atoms with Crippen molar-refractivity contribution in [2.45, 2.75) is 6.54 Å². The summed E-state index contributed by atoms with van der Waals surface area (Å²) in [5.41, 5.74) is 4.27. The van der Waals surface area contributed by atoms with Crippen molar-refractivity contribution >= 4 is 23.2 Å². The summed E-state index contributed by atoms with van der Waals surface area (Å²) in [6.07, 6.45) is 0. The highest BCUT2D eigenvalue weighted by molar-refractivity contribution is 7.13. The fourth-order valence-corrected chi connectivity index (χ4v) is 4.25. The van der Waals surface area contributed by atoms with Gasteiger partial charge in [0.15, 0.2) is 11.5 Å². The summed E-state index contributed by atoms with van der Waals surface area (Å²) in [6.45, 7) is 0.291. The third kappa shape index (κ3) is 6.04. The van der Waals surface area contributed by atoms with Crippen molar-refractivity contribution in [3.8, 4) is 33.3 Å². The minimum absolute atomic E-state index is 0.0795. The summed E-state index contributed by atoms with van der Waals surface area (Å²) in [6, 6.07) is 22.4. The van der Waals surface area contributed by atoms with Crippen LogP contribution in [-0.4, -0.2) is 37.6 Å². The second-order valence-electron chi connectivity index (χ2n) is 7.63. The Morgan fingerprint density at radius 3 is 2.29 bits per heavy atom. The number of rotatable bonds is 9. The van der Waals surface area contributed by atoms with Crippen LogP contribution < -0.4 is 20.1 Å². The Hall–Kier alpha value is -4.17. The van der Waals surface area contributed by atoms with Gasteiger partial charge in [0.05, 0.1) is 26.5 Å². The van der Waals surface area contributed by atoms with Crippen molar-refractivity contribution in [2.75, 3.05) is 20.8 Å². The maximum atomic E-state index is 12.1. The predicted octanol–water partition coefficient (Wildman–Crippen LogP) is 4.54. The molecule has 0 spiro atoms. The summed E-state index contributed by atoms with van der Waals surface area (Å²) in [7, 11) is 3.22. The van der Waals surface area contributed by atoms with Gasteiger partial charge in [-0.2, -0.15) is 0 Å². The lowest BCUT2D eigenvalue weighted by molar-refractivity contribution is -0.120. The second kappa shape index (κ2) is 11.3. The van der Waals surface area contributed by atoms with Gasteiger partial charge in [-0.1, -0.05) is 42.5 Å². The number of nitrogens with zero attached hydrogens (tertiary/aromatic N) is 1. The number of benzene rings is 3. The number of ether oxygens (including phenoxy) is 2. The number of aromatic nitrogens is 1. The van der Waals surface area contributed by atoms with Crippen LogP contribution in [0.15, 0.2) is 78.2 Å². The van der Waals surface area contributed by atoms with E-state index in [2.05, 4.69) is 10.6 Å². The summed E-state index contributed by atoms with van der Waals surface area (Å²) < 4.78 is 10.7. The largest absolute Gasteiger partial charge is 0.493 e. The van der Waals surface area contributed by atoms with Crippen LogP contribution in [0.3, 0.4) is 0 Å². The highest BCUT2D eigenvalue weighted by Gasteiger charge is 2.11. The quantitative estimate of drug-likeness (QED) is 0.362. The van der Waals surface area contributed by atoms with Crippen LogP contribution >= 0.6 is 11.3 Å². The Kier molecular flexibility index (Phi) is 7.74. The van der Waals surface area contributed by atoms with E-state index >= 15 is 0 Å². The van der Waals surface area contributed by atoms with Crippen molar-refractivity contribution < 1.29 is 19.1 Å². The van der Waals surface area contributed by atoms with Gasteiger partial charge >= 0.3 is 0 Å². The molecule has 0 atom stereocenters. The third-order valence-corrected chi connectivity index (χ3v) is 6.21. The molecule has 8 heteroatoms. The summed E-state index contributed by atoms with van der Waals surface area (Å²) in [5.74, 6) is 0.803. The van der Waals surface area contributed by atoms with Crippen LogP contribution in [0.4, 0.5) is 0 Å². The van der Waals surface area contributed by atoms with Gasteiger partial charge in [-0.3, -0.25) is 9.59 Å². The number of methoxy groups -OCH3 is 2. The minimum Gasteiger partial charge on any atom is -0.493 e. The van der Waals surface area contributed by atoms with Gasteiger partial charge in [0.1, 0.15) is 5.01 Å². The zero-order valence-corrected chi connectivity index (χ0v) is 20.2. The molecular weight excluding hydrogens is 462 g/mol. The first-order valence-corrected chi connectivity index (χ1v) is 11.8. The predicted molar refractivity (Wildman–Crippen MR) is 137 cm³/mol. The average molecular weight is 488 g/mol. The van der Waals surface area contributed by atoms with Crippen molar-refractivity contribution in [3.63, 3.8) is 0 Å². The first kappa shape index (κ1) is 24.0.